The number of hydrogen-bond acceptors (Lipinski definition) is 0. The fourth-order valence-corrected chi connectivity index (χ4v) is 1.71. The lowest BCUT2D eigenvalue weighted by Crippen LogP contribution is -1.84. The first kappa shape index (κ1) is 12.7. The van der Waals surface area contributed by atoms with Gasteiger partial charge < -0.3 is 0 Å². The first-order valence-corrected chi connectivity index (χ1v) is 5.08. The maximum atomic E-state index is 13.6. The standard InChI is InChI=1S/C12H8BrF.Mg.2H/c13-11-8-4-7-10(12(11)14)9-5-2-1-3-6-9;;;/h1-8H;;;. The fourth-order valence-electron chi connectivity index (χ4n) is 1.34. The van der Waals surface area contributed by atoms with Crippen molar-refractivity contribution in [1.29, 1.82) is 0 Å². The van der Waals surface area contributed by atoms with Gasteiger partial charge in [0.2, 0.25) is 0 Å². The Hall–Kier alpha value is -0.384. The molecule has 0 aliphatic carbocycles. The van der Waals surface area contributed by atoms with E-state index in [1.54, 1.807) is 12.1 Å². The molecule has 2 aromatic rings. The van der Waals surface area contributed by atoms with Gasteiger partial charge >= 0.3 is 23.1 Å². The average Bonchev–Trinajstić information content (AvgIpc) is 2.23. The summed E-state index contributed by atoms with van der Waals surface area (Å²) in [5.41, 5.74) is 1.52. The summed E-state index contributed by atoms with van der Waals surface area (Å²) in [5, 5.41) is 0. The maximum absolute atomic E-state index is 13.6. The van der Waals surface area contributed by atoms with Crippen LogP contribution < -0.4 is 0 Å². The van der Waals surface area contributed by atoms with Crippen molar-refractivity contribution in [1.82, 2.24) is 0 Å². The largest absolute Gasteiger partial charge is 0.316 e. The van der Waals surface area contributed by atoms with Crippen molar-refractivity contribution in [2.75, 3.05) is 0 Å². The molecule has 0 radical (unpaired) electrons. The van der Waals surface area contributed by atoms with Crippen molar-refractivity contribution in [2.45, 2.75) is 0 Å². The molecule has 0 fully saturated rings. The second-order valence-corrected chi connectivity index (χ2v) is 3.82. The van der Waals surface area contributed by atoms with Crippen LogP contribution in [0.4, 0.5) is 4.39 Å². The highest BCUT2D eigenvalue weighted by molar-refractivity contribution is 9.10. The number of rotatable bonds is 1. The predicted octanol–water partition coefficient (Wildman–Crippen LogP) is 3.34. The van der Waals surface area contributed by atoms with Gasteiger partial charge in [-0.2, -0.15) is 0 Å². The minimum absolute atomic E-state index is 0. The molecule has 0 atom stereocenters. The molecule has 0 bridgehead atoms. The lowest BCUT2D eigenvalue weighted by molar-refractivity contribution is 0.624. The van der Waals surface area contributed by atoms with Crippen LogP contribution in [-0.4, -0.2) is 23.1 Å². The molecule has 0 aliphatic heterocycles. The Bertz CT molecular complexity index is 443. The van der Waals surface area contributed by atoms with Crippen LogP contribution in [0.15, 0.2) is 53.0 Å². The first-order valence-electron chi connectivity index (χ1n) is 4.28. The second-order valence-electron chi connectivity index (χ2n) is 2.97. The molecule has 0 amide bonds. The van der Waals surface area contributed by atoms with Gasteiger partial charge in [-0.25, -0.2) is 4.39 Å². The molecular formula is C12H10BrFMg. The molecule has 74 valence electrons. The Balaban J connectivity index is 0.00000112. The van der Waals surface area contributed by atoms with Crippen LogP contribution in [0.2, 0.25) is 0 Å². The van der Waals surface area contributed by atoms with E-state index in [2.05, 4.69) is 15.9 Å². The van der Waals surface area contributed by atoms with Crippen LogP contribution in [0.1, 0.15) is 0 Å². The van der Waals surface area contributed by atoms with E-state index in [-0.39, 0.29) is 28.9 Å². The summed E-state index contributed by atoms with van der Waals surface area (Å²) < 4.78 is 14.1. The monoisotopic (exact) mass is 276 g/mol. The van der Waals surface area contributed by atoms with Crippen molar-refractivity contribution >= 4 is 39.0 Å². The molecule has 0 aliphatic rings. The summed E-state index contributed by atoms with van der Waals surface area (Å²) in [6.07, 6.45) is 0. The third-order valence-corrected chi connectivity index (χ3v) is 2.65. The predicted molar refractivity (Wildman–Crippen MR) is 68.1 cm³/mol. The summed E-state index contributed by atoms with van der Waals surface area (Å²) >= 11 is 3.17. The molecule has 2 aromatic carbocycles. The van der Waals surface area contributed by atoms with Gasteiger partial charge in [0.1, 0.15) is 5.82 Å². The molecule has 0 saturated carbocycles. The number of hydrogen-bond donors (Lipinski definition) is 0. The van der Waals surface area contributed by atoms with Gasteiger partial charge in [-0.1, -0.05) is 42.5 Å². The summed E-state index contributed by atoms with van der Waals surface area (Å²) in [6.45, 7) is 0. The van der Waals surface area contributed by atoms with Gasteiger partial charge in [-0.3, -0.25) is 0 Å². The molecule has 2 rings (SSSR count). The van der Waals surface area contributed by atoms with Gasteiger partial charge in [0.15, 0.2) is 0 Å². The molecule has 15 heavy (non-hydrogen) atoms. The molecule has 3 heteroatoms. The first-order chi connectivity index (χ1) is 6.79. The van der Waals surface area contributed by atoms with E-state index in [0.29, 0.717) is 10.0 Å². The van der Waals surface area contributed by atoms with E-state index in [4.69, 9.17) is 0 Å². The highest BCUT2D eigenvalue weighted by atomic mass is 79.9. The lowest BCUT2D eigenvalue weighted by atomic mass is 10.1. The van der Waals surface area contributed by atoms with E-state index >= 15 is 0 Å². The van der Waals surface area contributed by atoms with Crippen molar-refractivity contribution in [3.63, 3.8) is 0 Å². The van der Waals surface area contributed by atoms with Gasteiger partial charge in [-0.15, -0.1) is 0 Å². The third-order valence-electron chi connectivity index (χ3n) is 2.04. The molecule has 0 saturated heterocycles. The second kappa shape index (κ2) is 5.63. The Labute approximate surface area is 113 Å². The third kappa shape index (κ3) is 2.80. The molecule has 0 heterocycles. The fraction of sp³-hybridized carbons (Fsp3) is 0. The lowest BCUT2D eigenvalue weighted by Gasteiger charge is -2.03. The minimum Gasteiger partial charge on any atom is -0.205 e. The molecule has 0 N–H and O–H groups in total. The van der Waals surface area contributed by atoms with Gasteiger partial charge in [0, 0.05) is 5.56 Å². The van der Waals surface area contributed by atoms with Crippen molar-refractivity contribution < 1.29 is 4.39 Å². The van der Waals surface area contributed by atoms with E-state index in [1.807, 2.05) is 36.4 Å². The molecule has 0 unspecified atom stereocenters. The zero-order valence-corrected chi connectivity index (χ0v) is 8.96. The van der Waals surface area contributed by atoms with Crippen LogP contribution in [-0.2, 0) is 0 Å². The van der Waals surface area contributed by atoms with Gasteiger partial charge in [-0.05, 0) is 27.6 Å². The van der Waals surface area contributed by atoms with Crippen LogP contribution in [0, 0.1) is 5.82 Å². The Kier molecular flexibility index (Phi) is 4.76. The van der Waals surface area contributed by atoms with Crippen LogP contribution in [0.5, 0.6) is 0 Å². The van der Waals surface area contributed by atoms with Crippen LogP contribution >= 0.6 is 15.9 Å². The zero-order valence-electron chi connectivity index (χ0n) is 7.37. The van der Waals surface area contributed by atoms with Crippen LogP contribution in [0.3, 0.4) is 0 Å². The average molecular weight is 277 g/mol. The van der Waals surface area contributed by atoms with Crippen molar-refractivity contribution in [3.05, 3.63) is 58.8 Å². The SMILES string of the molecule is Fc1c(Br)cccc1-c1ccccc1.[MgH2]. The van der Waals surface area contributed by atoms with Crippen LogP contribution in [0.25, 0.3) is 11.1 Å². The highest BCUT2D eigenvalue weighted by Crippen LogP contribution is 2.27. The van der Waals surface area contributed by atoms with Crippen molar-refractivity contribution in [2.24, 2.45) is 0 Å². The quantitative estimate of drug-likeness (QED) is 0.701. The summed E-state index contributed by atoms with van der Waals surface area (Å²) in [4.78, 5) is 0. The Morgan fingerprint density at radius 2 is 1.53 bits per heavy atom. The van der Waals surface area contributed by atoms with Gasteiger partial charge in [0.25, 0.3) is 0 Å². The Morgan fingerprint density at radius 3 is 2.20 bits per heavy atom. The zero-order chi connectivity index (χ0) is 9.97. The van der Waals surface area contributed by atoms with E-state index in [1.165, 1.54) is 0 Å². The van der Waals surface area contributed by atoms with Crippen molar-refractivity contribution in [3.8, 4) is 11.1 Å². The molecule has 0 spiro atoms. The minimum atomic E-state index is -0.210. The van der Waals surface area contributed by atoms with E-state index < -0.39 is 0 Å². The highest BCUT2D eigenvalue weighted by Gasteiger charge is 2.06. The summed E-state index contributed by atoms with van der Waals surface area (Å²) in [7, 11) is 0. The maximum Gasteiger partial charge on any atom is 0.316 e. The topological polar surface area (TPSA) is 0 Å². The molecule has 0 aromatic heterocycles. The van der Waals surface area contributed by atoms with E-state index in [0.717, 1.165) is 5.56 Å². The molecule has 0 nitrogen and oxygen atoms in total. The molecular weight excluding hydrogens is 267 g/mol. The number of benzene rings is 2. The van der Waals surface area contributed by atoms with E-state index in [9.17, 15) is 4.39 Å². The summed E-state index contributed by atoms with van der Waals surface area (Å²) in [6, 6.07) is 14.8. The number of halogens is 2. The summed E-state index contributed by atoms with van der Waals surface area (Å²) in [5.74, 6) is -0.210. The Morgan fingerprint density at radius 1 is 0.867 bits per heavy atom. The van der Waals surface area contributed by atoms with Gasteiger partial charge in [0.05, 0.1) is 4.47 Å². The smallest absolute Gasteiger partial charge is 0.205 e. The normalized spacial score (nSPS) is 9.47.